The van der Waals surface area contributed by atoms with Crippen LogP contribution in [0.3, 0.4) is 0 Å². The number of rotatable bonds is 4. The van der Waals surface area contributed by atoms with Gasteiger partial charge in [0.05, 0.1) is 6.04 Å². The zero-order valence-electron chi connectivity index (χ0n) is 8.68. The lowest BCUT2D eigenvalue weighted by molar-refractivity contribution is -0.122. The van der Waals surface area contributed by atoms with E-state index >= 15 is 0 Å². The van der Waals surface area contributed by atoms with Crippen molar-refractivity contribution in [2.75, 3.05) is 6.54 Å². The highest BCUT2D eigenvalue weighted by atomic mass is 16.3. The van der Waals surface area contributed by atoms with Crippen LogP contribution in [0.4, 0.5) is 0 Å². The summed E-state index contributed by atoms with van der Waals surface area (Å²) in [6.07, 6.45) is 0.447. The summed E-state index contributed by atoms with van der Waals surface area (Å²) < 4.78 is 0. The first-order valence-corrected chi connectivity index (χ1v) is 4.88. The molecule has 1 radical (unpaired) electrons. The van der Waals surface area contributed by atoms with Gasteiger partial charge in [-0.05, 0) is 31.0 Å². The molecule has 0 bridgehead atoms. The van der Waals surface area contributed by atoms with Crippen LogP contribution in [0.2, 0.25) is 0 Å². The van der Waals surface area contributed by atoms with Crippen molar-refractivity contribution in [3.63, 3.8) is 0 Å². The highest BCUT2D eigenvalue weighted by molar-refractivity contribution is 5.81. The number of carbonyl (C=O) groups is 1. The highest BCUT2D eigenvalue weighted by Gasteiger charge is 2.13. The molecular weight excluding hydrogens is 192 g/mol. The molecule has 4 nitrogen and oxygen atoms in total. The van der Waals surface area contributed by atoms with Gasteiger partial charge in [0, 0.05) is 6.54 Å². The SMILES string of the molecule is CC[N]C(=O)[C@@H](N)Cc1ccc(O)cc1. The Labute approximate surface area is 89.1 Å². The Bertz CT molecular complexity index is 322. The van der Waals surface area contributed by atoms with Gasteiger partial charge in [-0.25, -0.2) is 0 Å². The predicted molar refractivity (Wildman–Crippen MR) is 57.5 cm³/mol. The summed E-state index contributed by atoms with van der Waals surface area (Å²) in [5, 5.41) is 12.8. The second-order valence-electron chi connectivity index (χ2n) is 3.29. The maximum atomic E-state index is 11.3. The van der Waals surface area contributed by atoms with Gasteiger partial charge >= 0.3 is 0 Å². The molecule has 1 aromatic carbocycles. The molecule has 0 unspecified atom stereocenters. The molecule has 3 N–H and O–H groups in total. The number of nitrogens with two attached hydrogens (primary N) is 1. The quantitative estimate of drug-likeness (QED) is 0.750. The molecule has 1 rings (SSSR count). The zero-order valence-corrected chi connectivity index (χ0v) is 8.68. The number of likely N-dealkylation sites (N-methyl/N-ethyl adjacent to an activating group) is 1. The fourth-order valence-electron chi connectivity index (χ4n) is 1.25. The molecule has 15 heavy (non-hydrogen) atoms. The Morgan fingerprint density at radius 2 is 2.07 bits per heavy atom. The topological polar surface area (TPSA) is 77.4 Å². The van der Waals surface area contributed by atoms with Gasteiger partial charge in [-0.15, -0.1) is 0 Å². The maximum absolute atomic E-state index is 11.3. The molecule has 1 amide bonds. The van der Waals surface area contributed by atoms with E-state index in [9.17, 15) is 4.79 Å². The number of amides is 1. The molecule has 0 saturated heterocycles. The molecular formula is C11H15N2O2. The Kier molecular flexibility index (Phi) is 4.12. The molecule has 0 aliphatic carbocycles. The maximum Gasteiger partial charge on any atom is 0.258 e. The van der Waals surface area contributed by atoms with Crippen molar-refractivity contribution >= 4 is 5.91 Å². The molecule has 81 valence electrons. The smallest absolute Gasteiger partial charge is 0.258 e. The average Bonchev–Trinajstić information content (AvgIpc) is 2.22. The third-order valence-corrected chi connectivity index (χ3v) is 2.02. The Balaban J connectivity index is 2.54. The largest absolute Gasteiger partial charge is 0.508 e. The molecule has 0 aromatic heterocycles. The zero-order chi connectivity index (χ0) is 11.3. The molecule has 0 saturated carbocycles. The predicted octanol–water partition coefficient (Wildman–Crippen LogP) is 0.413. The summed E-state index contributed by atoms with van der Waals surface area (Å²) in [6.45, 7) is 2.26. The number of carbonyl (C=O) groups excluding carboxylic acids is 1. The van der Waals surface area contributed by atoms with Crippen LogP contribution in [0.5, 0.6) is 5.75 Å². The van der Waals surface area contributed by atoms with E-state index in [2.05, 4.69) is 5.32 Å². The van der Waals surface area contributed by atoms with E-state index in [4.69, 9.17) is 10.8 Å². The number of phenols is 1. The van der Waals surface area contributed by atoms with Crippen LogP contribution >= 0.6 is 0 Å². The molecule has 4 heteroatoms. The van der Waals surface area contributed by atoms with E-state index < -0.39 is 6.04 Å². The van der Waals surface area contributed by atoms with Crippen molar-refractivity contribution in [2.45, 2.75) is 19.4 Å². The Morgan fingerprint density at radius 3 is 2.60 bits per heavy atom. The van der Waals surface area contributed by atoms with E-state index in [0.29, 0.717) is 13.0 Å². The van der Waals surface area contributed by atoms with E-state index in [0.717, 1.165) is 5.56 Å². The lowest BCUT2D eigenvalue weighted by Crippen LogP contribution is -2.38. The summed E-state index contributed by atoms with van der Waals surface area (Å²) in [4.78, 5) is 11.3. The van der Waals surface area contributed by atoms with Gasteiger partial charge < -0.3 is 10.8 Å². The summed E-state index contributed by atoms with van der Waals surface area (Å²) >= 11 is 0. The van der Waals surface area contributed by atoms with Crippen molar-refractivity contribution in [3.05, 3.63) is 29.8 Å². The molecule has 0 spiro atoms. The lowest BCUT2D eigenvalue weighted by atomic mass is 10.1. The summed E-state index contributed by atoms with van der Waals surface area (Å²) in [7, 11) is 0. The van der Waals surface area contributed by atoms with Gasteiger partial charge in [0.1, 0.15) is 5.75 Å². The standard InChI is InChI=1S/C11H15N2O2/c1-2-13-11(15)10(12)7-8-3-5-9(14)6-4-8/h3-6,10,14H,2,7,12H2,1H3/t10-/m0/s1. The van der Waals surface area contributed by atoms with Crippen LogP contribution in [-0.2, 0) is 11.2 Å². The first kappa shape index (κ1) is 11.5. The normalized spacial score (nSPS) is 12.1. The van der Waals surface area contributed by atoms with Crippen molar-refractivity contribution in [1.29, 1.82) is 0 Å². The van der Waals surface area contributed by atoms with E-state index in [-0.39, 0.29) is 11.7 Å². The summed E-state index contributed by atoms with van der Waals surface area (Å²) in [5.41, 5.74) is 6.58. The van der Waals surface area contributed by atoms with Crippen LogP contribution in [-0.4, -0.2) is 23.6 Å². The first-order valence-electron chi connectivity index (χ1n) is 4.88. The van der Waals surface area contributed by atoms with Crippen LogP contribution in [0.15, 0.2) is 24.3 Å². The second kappa shape index (κ2) is 5.36. The van der Waals surface area contributed by atoms with E-state index in [1.165, 1.54) is 0 Å². The second-order valence-corrected chi connectivity index (χ2v) is 3.29. The minimum atomic E-state index is -0.588. The van der Waals surface area contributed by atoms with Gasteiger partial charge in [0.15, 0.2) is 0 Å². The van der Waals surface area contributed by atoms with Gasteiger partial charge in [0.25, 0.3) is 5.91 Å². The number of nitrogens with zero attached hydrogens (tertiary/aromatic N) is 1. The number of phenolic OH excluding ortho intramolecular Hbond substituents is 1. The number of hydrogen-bond acceptors (Lipinski definition) is 3. The molecule has 0 fully saturated rings. The highest BCUT2D eigenvalue weighted by Crippen LogP contribution is 2.10. The number of hydrogen-bond donors (Lipinski definition) is 2. The van der Waals surface area contributed by atoms with Gasteiger partial charge in [0.2, 0.25) is 0 Å². The molecule has 0 aliphatic rings. The van der Waals surface area contributed by atoms with Gasteiger partial charge in [-0.1, -0.05) is 12.1 Å². The third kappa shape index (κ3) is 3.59. The van der Waals surface area contributed by atoms with Crippen LogP contribution < -0.4 is 11.1 Å². The number of aromatic hydroxyl groups is 1. The monoisotopic (exact) mass is 207 g/mol. The van der Waals surface area contributed by atoms with Crippen molar-refractivity contribution < 1.29 is 9.90 Å². The summed E-state index contributed by atoms with van der Waals surface area (Å²) in [5.74, 6) is -0.0672. The first-order chi connectivity index (χ1) is 7.13. The van der Waals surface area contributed by atoms with Crippen molar-refractivity contribution in [1.82, 2.24) is 5.32 Å². The average molecular weight is 207 g/mol. The fraction of sp³-hybridized carbons (Fsp3) is 0.364. The number of benzene rings is 1. The minimum absolute atomic E-state index is 0.205. The lowest BCUT2D eigenvalue weighted by Gasteiger charge is -2.09. The minimum Gasteiger partial charge on any atom is -0.508 e. The molecule has 1 atom stereocenters. The van der Waals surface area contributed by atoms with E-state index in [1.807, 2.05) is 0 Å². The fourth-order valence-corrected chi connectivity index (χ4v) is 1.25. The van der Waals surface area contributed by atoms with Gasteiger partial charge in [-0.2, -0.15) is 0 Å². The van der Waals surface area contributed by atoms with E-state index in [1.54, 1.807) is 31.2 Å². The van der Waals surface area contributed by atoms with Gasteiger partial charge in [-0.3, -0.25) is 10.1 Å². The molecule has 0 heterocycles. The van der Waals surface area contributed by atoms with Crippen LogP contribution in [0, 0.1) is 0 Å². The molecule has 0 aliphatic heterocycles. The molecule has 1 aromatic rings. The van der Waals surface area contributed by atoms with Crippen LogP contribution in [0.1, 0.15) is 12.5 Å². The Morgan fingerprint density at radius 1 is 1.47 bits per heavy atom. The Hall–Kier alpha value is -1.55. The van der Waals surface area contributed by atoms with Crippen LogP contribution in [0.25, 0.3) is 0 Å². The third-order valence-electron chi connectivity index (χ3n) is 2.02. The summed E-state index contributed by atoms with van der Waals surface area (Å²) in [6, 6.07) is 6.05. The van der Waals surface area contributed by atoms with Crippen molar-refractivity contribution in [2.24, 2.45) is 5.73 Å². The van der Waals surface area contributed by atoms with Crippen molar-refractivity contribution in [3.8, 4) is 5.75 Å².